The van der Waals surface area contributed by atoms with Crippen LogP contribution in [0.3, 0.4) is 0 Å². The molecule has 2 nitrogen and oxygen atoms in total. The quantitative estimate of drug-likeness (QED) is 0.536. The lowest BCUT2D eigenvalue weighted by Crippen LogP contribution is -2.36. The lowest BCUT2D eigenvalue weighted by atomic mass is 9.98. The molecule has 0 aliphatic heterocycles. The molecule has 0 unspecified atom stereocenters. The standard InChI is InChI=1S/C25H31N2/c1-16-11-18(3)24(19(4)12-16)26-15-27(23-10-8-7-9-22(23)26)25-20(5)13-17(2)14-21(25)6/h11-15H,7-10H2,1-6H3/q+1. The summed E-state index contributed by atoms with van der Waals surface area (Å²) in [6, 6.07) is 9.24. The summed E-state index contributed by atoms with van der Waals surface area (Å²) < 4.78 is 4.97. The largest absolute Gasteiger partial charge is 0.254 e. The second-order valence-corrected chi connectivity index (χ2v) is 8.45. The molecule has 0 fully saturated rings. The SMILES string of the molecule is Cc1cc(C)c(-n2c[n+](-c3c(C)cc(C)cc3C)c3c2CCCC3)c(C)c1. The Labute approximate surface area is 163 Å². The molecular weight excluding hydrogens is 328 g/mol. The number of fused-ring (bicyclic) bond motifs is 1. The molecule has 1 aliphatic carbocycles. The fourth-order valence-corrected chi connectivity index (χ4v) is 5.14. The number of aromatic nitrogens is 2. The Morgan fingerprint density at radius 3 is 1.81 bits per heavy atom. The van der Waals surface area contributed by atoms with Crippen LogP contribution in [0.25, 0.3) is 11.4 Å². The molecule has 0 bridgehead atoms. The summed E-state index contributed by atoms with van der Waals surface area (Å²) in [5.74, 6) is 0. The third-order valence-corrected chi connectivity index (χ3v) is 5.98. The molecule has 0 atom stereocenters. The van der Waals surface area contributed by atoms with Gasteiger partial charge in [0, 0.05) is 12.8 Å². The highest BCUT2D eigenvalue weighted by Gasteiger charge is 2.30. The summed E-state index contributed by atoms with van der Waals surface area (Å²) in [5.41, 5.74) is 13.8. The summed E-state index contributed by atoms with van der Waals surface area (Å²) >= 11 is 0. The van der Waals surface area contributed by atoms with E-state index in [9.17, 15) is 0 Å². The summed E-state index contributed by atoms with van der Waals surface area (Å²) in [6.45, 7) is 13.4. The first-order valence-electron chi connectivity index (χ1n) is 10.2. The van der Waals surface area contributed by atoms with Crippen LogP contribution in [0.5, 0.6) is 0 Å². The molecule has 140 valence electrons. The van der Waals surface area contributed by atoms with Crippen LogP contribution >= 0.6 is 0 Å². The van der Waals surface area contributed by atoms with Crippen LogP contribution in [-0.2, 0) is 12.8 Å². The lowest BCUT2D eigenvalue weighted by molar-refractivity contribution is -0.604. The topological polar surface area (TPSA) is 8.81 Å². The Morgan fingerprint density at radius 2 is 1.22 bits per heavy atom. The molecule has 2 heteroatoms. The van der Waals surface area contributed by atoms with Crippen LogP contribution in [0.15, 0.2) is 30.6 Å². The molecule has 0 spiro atoms. The fourth-order valence-electron chi connectivity index (χ4n) is 5.14. The van der Waals surface area contributed by atoms with E-state index in [4.69, 9.17) is 0 Å². The van der Waals surface area contributed by atoms with Crippen molar-refractivity contribution in [2.75, 3.05) is 0 Å². The number of hydrogen-bond donors (Lipinski definition) is 0. The van der Waals surface area contributed by atoms with Crippen molar-refractivity contribution in [2.45, 2.75) is 67.2 Å². The van der Waals surface area contributed by atoms with Crippen molar-refractivity contribution in [1.82, 2.24) is 4.57 Å². The number of rotatable bonds is 2. The van der Waals surface area contributed by atoms with Crippen molar-refractivity contribution in [2.24, 2.45) is 0 Å². The van der Waals surface area contributed by atoms with Crippen LogP contribution in [0.4, 0.5) is 0 Å². The average molecular weight is 360 g/mol. The molecule has 27 heavy (non-hydrogen) atoms. The van der Waals surface area contributed by atoms with Gasteiger partial charge in [0.15, 0.2) is 11.4 Å². The van der Waals surface area contributed by atoms with Gasteiger partial charge < -0.3 is 0 Å². The normalized spacial score (nSPS) is 13.7. The zero-order valence-corrected chi connectivity index (χ0v) is 17.6. The number of nitrogens with zero attached hydrogens (tertiary/aromatic N) is 2. The van der Waals surface area contributed by atoms with Gasteiger partial charge in [-0.15, -0.1) is 0 Å². The van der Waals surface area contributed by atoms with Gasteiger partial charge >= 0.3 is 0 Å². The monoisotopic (exact) mass is 359 g/mol. The van der Waals surface area contributed by atoms with Gasteiger partial charge in [-0.25, -0.2) is 0 Å². The maximum absolute atomic E-state index is 2.48. The Bertz CT molecular complexity index is 909. The van der Waals surface area contributed by atoms with E-state index >= 15 is 0 Å². The smallest absolute Gasteiger partial charge is 0.198 e. The molecule has 0 amide bonds. The summed E-state index contributed by atoms with van der Waals surface area (Å²) in [4.78, 5) is 0. The minimum atomic E-state index is 1.17. The fraction of sp³-hybridized carbons (Fsp3) is 0.400. The van der Waals surface area contributed by atoms with Crippen molar-refractivity contribution >= 4 is 0 Å². The van der Waals surface area contributed by atoms with Gasteiger partial charge in [0.25, 0.3) is 6.33 Å². The first-order valence-corrected chi connectivity index (χ1v) is 10.2. The first kappa shape index (κ1) is 18.0. The number of benzene rings is 2. The molecule has 4 rings (SSSR count). The summed E-state index contributed by atoms with van der Waals surface area (Å²) in [5, 5.41) is 0. The molecule has 2 aromatic carbocycles. The number of imidazole rings is 1. The second kappa shape index (κ2) is 6.67. The molecule has 1 heterocycles. The molecule has 3 aromatic rings. The second-order valence-electron chi connectivity index (χ2n) is 8.45. The van der Waals surface area contributed by atoms with Gasteiger partial charge in [-0.1, -0.05) is 35.4 Å². The molecular formula is C25H31N2+. The number of hydrogen-bond acceptors (Lipinski definition) is 0. The van der Waals surface area contributed by atoms with Crippen LogP contribution in [0.2, 0.25) is 0 Å². The molecule has 0 saturated heterocycles. The van der Waals surface area contributed by atoms with Gasteiger partial charge in [-0.05, 0) is 76.6 Å². The van der Waals surface area contributed by atoms with Crippen LogP contribution < -0.4 is 4.57 Å². The van der Waals surface area contributed by atoms with E-state index in [0.29, 0.717) is 0 Å². The van der Waals surface area contributed by atoms with E-state index in [1.165, 1.54) is 81.8 Å². The van der Waals surface area contributed by atoms with Crippen molar-refractivity contribution < 1.29 is 4.57 Å². The van der Waals surface area contributed by atoms with Gasteiger partial charge in [0.2, 0.25) is 0 Å². The van der Waals surface area contributed by atoms with Gasteiger partial charge in [-0.2, -0.15) is 9.13 Å². The average Bonchev–Trinajstić information content (AvgIpc) is 2.93. The zero-order chi connectivity index (χ0) is 19.3. The van der Waals surface area contributed by atoms with Crippen molar-refractivity contribution in [1.29, 1.82) is 0 Å². The van der Waals surface area contributed by atoms with Crippen LogP contribution in [0, 0.1) is 41.5 Å². The van der Waals surface area contributed by atoms with Crippen LogP contribution in [-0.4, -0.2) is 4.57 Å². The zero-order valence-electron chi connectivity index (χ0n) is 17.6. The van der Waals surface area contributed by atoms with Crippen molar-refractivity contribution in [3.05, 3.63) is 75.4 Å². The minimum Gasteiger partial charge on any atom is -0.198 e. The van der Waals surface area contributed by atoms with Gasteiger partial charge in [-0.3, -0.25) is 0 Å². The Balaban J connectivity index is 2.01. The third kappa shape index (κ3) is 3.01. The Kier molecular flexibility index (Phi) is 4.46. The minimum absolute atomic E-state index is 1.17. The molecule has 0 saturated carbocycles. The van der Waals surface area contributed by atoms with E-state index < -0.39 is 0 Å². The van der Waals surface area contributed by atoms with E-state index in [1.807, 2.05) is 0 Å². The molecule has 0 radical (unpaired) electrons. The molecule has 1 aliphatic rings. The van der Waals surface area contributed by atoms with E-state index in [1.54, 1.807) is 0 Å². The van der Waals surface area contributed by atoms with E-state index in [2.05, 4.69) is 81.3 Å². The first-order chi connectivity index (χ1) is 12.9. The maximum atomic E-state index is 2.48. The summed E-state index contributed by atoms with van der Waals surface area (Å²) in [7, 11) is 0. The van der Waals surface area contributed by atoms with Crippen LogP contribution in [0.1, 0.15) is 57.6 Å². The van der Waals surface area contributed by atoms with E-state index in [-0.39, 0.29) is 0 Å². The lowest BCUT2D eigenvalue weighted by Gasteiger charge is -2.13. The molecule has 1 aromatic heterocycles. The van der Waals surface area contributed by atoms with Gasteiger partial charge in [0.05, 0.1) is 0 Å². The van der Waals surface area contributed by atoms with Crippen molar-refractivity contribution in [3.63, 3.8) is 0 Å². The molecule has 0 N–H and O–H groups in total. The third-order valence-electron chi connectivity index (χ3n) is 5.98. The van der Waals surface area contributed by atoms with Gasteiger partial charge in [0.1, 0.15) is 11.4 Å². The highest BCUT2D eigenvalue weighted by atomic mass is 15.2. The Hall–Kier alpha value is -2.35. The maximum Gasteiger partial charge on any atom is 0.254 e. The van der Waals surface area contributed by atoms with Crippen molar-refractivity contribution in [3.8, 4) is 11.4 Å². The van der Waals surface area contributed by atoms with E-state index in [0.717, 1.165) is 0 Å². The predicted molar refractivity (Wildman–Crippen MR) is 112 cm³/mol. The Morgan fingerprint density at radius 1 is 0.704 bits per heavy atom. The highest BCUT2D eigenvalue weighted by Crippen LogP contribution is 2.29. The number of aryl methyl sites for hydroxylation is 6. The predicted octanol–water partition coefficient (Wildman–Crippen LogP) is 5.48. The highest BCUT2D eigenvalue weighted by molar-refractivity contribution is 5.51. The summed E-state index contributed by atoms with van der Waals surface area (Å²) in [6.07, 6.45) is 7.25.